The predicted octanol–water partition coefficient (Wildman–Crippen LogP) is 0.246. The third-order valence-electron chi connectivity index (χ3n) is 3.29. The van der Waals surface area contributed by atoms with Crippen LogP contribution in [0.25, 0.3) is 11.3 Å². The molecule has 0 fully saturated rings. The minimum absolute atomic E-state index is 0.0231. The SMILES string of the molecule is NC(=O)c1nc2c(s1)C(O)COc1ccc(C#CC(O)C=O)cc1-2. The highest BCUT2D eigenvalue weighted by atomic mass is 32.1. The van der Waals surface area contributed by atoms with Gasteiger partial charge in [0.1, 0.15) is 18.5 Å². The number of amides is 1. The van der Waals surface area contributed by atoms with Crippen molar-refractivity contribution in [3.63, 3.8) is 0 Å². The molecular formula is C16H12N2O5S. The second-order valence-electron chi connectivity index (χ2n) is 4.98. The molecule has 0 radical (unpaired) electrons. The van der Waals surface area contributed by atoms with E-state index in [1.165, 1.54) is 0 Å². The van der Waals surface area contributed by atoms with Crippen molar-refractivity contribution in [3.05, 3.63) is 33.6 Å². The van der Waals surface area contributed by atoms with E-state index in [1.807, 2.05) is 0 Å². The molecule has 2 atom stereocenters. The van der Waals surface area contributed by atoms with Crippen LogP contribution in [0.4, 0.5) is 0 Å². The van der Waals surface area contributed by atoms with E-state index < -0.39 is 18.1 Å². The molecule has 1 aliphatic heterocycles. The monoisotopic (exact) mass is 344 g/mol. The van der Waals surface area contributed by atoms with Gasteiger partial charge in [0.2, 0.25) is 0 Å². The molecule has 7 nitrogen and oxygen atoms in total. The number of aliphatic hydroxyl groups is 2. The van der Waals surface area contributed by atoms with Gasteiger partial charge in [0, 0.05) is 11.1 Å². The van der Waals surface area contributed by atoms with E-state index in [0.717, 1.165) is 11.3 Å². The van der Waals surface area contributed by atoms with Crippen LogP contribution < -0.4 is 10.5 Å². The number of aromatic nitrogens is 1. The van der Waals surface area contributed by atoms with Crippen molar-refractivity contribution in [2.24, 2.45) is 5.73 Å². The maximum Gasteiger partial charge on any atom is 0.277 e. The molecule has 0 aliphatic carbocycles. The van der Waals surface area contributed by atoms with Gasteiger partial charge in [-0.2, -0.15) is 0 Å². The van der Waals surface area contributed by atoms with Crippen molar-refractivity contribution < 1.29 is 24.5 Å². The number of hydrogen-bond donors (Lipinski definition) is 3. The summed E-state index contributed by atoms with van der Waals surface area (Å²) in [5.41, 5.74) is 6.76. The first kappa shape index (κ1) is 16.1. The second kappa shape index (κ2) is 6.41. The number of nitrogens with zero attached hydrogens (tertiary/aromatic N) is 1. The van der Waals surface area contributed by atoms with E-state index in [0.29, 0.717) is 33.7 Å². The van der Waals surface area contributed by atoms with E-state index in [-0.39, 0.29) is 11.6 Å². The fourth-order valence-corrected chi connectivity index (χ4v) is 3.11. The number of fused-ring (bicyclic) bond motifs is 3. The lowest BCUT2D eigenvalue weighted by atomic mass is 10.1. The minimum atomic E-state index is -1.36. The Bertz CT molecular complexity index is 880. The first-order valence-electron chi connectivity index (χ1n) is 6.90. The molecule has 0 saturated heterocycles. The molecule has 1 amide bonds. The summed E-state index contributed by atoms with van der Waals surface area (Å²) < 4.78 is 5.55. The Labute approximate surface area is 140 Å². The Balaban J connectivity index is 2.12. The van der Waals surface area contributed by atoms with Crippen LogP contribution >= 0.6 is 11.3 Å². The van der Waals surface area contributed by atoms with E-state index in [9.17, 15) is 19.8 Å². The Morgan fingerprint density at radius 1 is 1.54 bits per heavy atom. The van der Waals surface area contributed by atoms with Crippen LogP contribution in [0.15, 0.2) is 18.2 Å². The lowest BCUT2D eigenvalue weighted by molar-refractivity contribution is -0.112. The van der Waals surface area contributed by atoms with Crippen molar-refractivity contribution >= 4 is 23.5 Å². The normalized spacial score (nSPS) is 16.5. The lowest BCUT2D eigenvalue weighted by Crippen LogP contribution is -2.10. The number of aliphatic hydroxyl groups excluding tert-OH is 2. The van der Waals surface area contributed by atoms with Crippen molar-refractivity contribution in [2.45, 2.75) is 12.2 Å². The van der Waals surface area contributed by atoms with Crippen molar-refractivity contribution in [1.29, 1.82) is 0 Å². The Kier molecular flexibility index (Phi) is 4.31. The highest BCUT2D eigenvalue weighted by Gasteiger charge is 2.27. The predicted molar refractivity (Wildman–Crippen MR) is 85.5 cm³/mol. The molecule has 0 spiro atoms. The largest absolute Gasteiger partial charge is 0.490 e. The number of carbonyl (C=O) groups is 2. The average molecular weight is 344 g/mol. The van der Waals surface area contributed by atoms with Gasteiger partial charge in [0.05, 0.1) is 10.6 Å². The average Bonchev–Trinajstić information content (AvgIpc) is 2.98. The number of hydrogen-bond acceptors (Lipinski definition) is 7. The molecule has 1 aliphatic rings. The fraction of sp³-hybridized carbons (Fsp3) is 0.188. The van der Waals surface area contributed by atoms with Gasteiger partial charge in [-0.25, -0.2) is 4.98 Å². The Hall–Kier alpha value is -2.73. The first-order valence-corrected chi connectivity index (χ1v) is 7.72. The summed E-state index contributed by atoms with van der Waals surface area (Å²) in [4.78, 5) is 26.5. The maximum absolute atomic E-state index is 11.4. The van der Waals surface area contributed by atoms with Crippen LogP contribution in [-0.2, 0) is 4.79 Å². The fourth-order valence-electron chi connectivity index (χ4n) is 2.21. The van der Waals surface area contributed by atoms with Crippen LogP contribution in [-0.4, -0.2) is 40.1 Å². The van der Waals surface area contributed by atoms with E-state index >= 15 is 0 Å². The molecule has 2 unspecified atom stereocenters. The number of ether oxygens (including phenoxy) is 1. The summed E-state index contributed by atoms with van der Waals surface area (Å²) >= 11 is 1.02. The van der Waals surface area contributed by atoms with Crippen molar-refractivity contribution in [1.82, 2.24) is 4.98 Å². The van der Waals surface area contributed by atoms with Crippen LogP contribution in [0.3, 0.4) is 0 Å². The van der Waals surface area contributed by atoms with Gasteiger partial charge in [0.25, 0.3) is 5.91 Å². The lowest BCUT2D eigenvalue weighted by Gasteiger charge is -2.08. The molecule has 1 aromatic carbocycles. The maximum atomic E-state index is 11.4. The molecule has 2 aromatic rings. The molecule has 3 rings (SSSR count). The van der Waals surface area contributed by atoms with Gasteiger partial charge in [0.15, 0.2) is 17.4 Å². The summed E-state index contributed by atoms with van der Waals surface area (Å²) in [6.07, 6.45) is -1.96. The second-order valence-corrected chi connectivity index (χ2v) is 6.01. The molecule has 0 bridgehead atoms. The number of rotatable bonds is 2. The molecule has 4 N–H and O–H groups in total. The van der Waals surface area contributed by atoms with Gasteiger partial charge in [-0.05, 0) is 18.2 Å². The first-order chi connectivity index (χ1) is 11.5. The third kappa shape index (κ3) is 3.00. The number of aldehydes is 1. The zero-order chi connectivity index (χ0) is 17.3. The van der Waals surface area contributed by atoms with E-state index in [2.05, 4.69) is 16.8 Å². The molecule has 1 aromatic heterocycles. The van der Waals surface area contributed by atoms with Crippen molar-refractivity contribution in [2.75, 3.05) is 6.61 Å². The number of thiazole rings is 1. The van der Waals surface area contributed by atoms with E-state index in [1.54, 1.807) is 18.2 Å². The number of benzene rings is 1. The quantitative estimate of drug-likeness (QED) is 0.530. The summed E-state index contributed by atoms with van der Waals surface area (Å²) in [5, 5.41) is 19.5. The highest BCUT2D eigenvalue weighted by molar-refractivity contribution is 7.14. The zero-order valence-corrected chi connectivity index (χ0v) is 13.0. The summed E-state index contributed by atoms with van der Waals surface area (Å²) in [5.74, 6) is 4.86. The van der Waals surface area contributed by atoms with Gasteiger partial charge in [-0.3, -0.25) is 9.59 Å². The molecule has 2 heterocycles. The standard InChI is InChI=1S/C16H12N2O5S/c17-15(22)16-18-13-10-5-8(1-3-9(20)6-19)2-4-12(10)23-7-11(21)14(13)24-16/h2,4-6,9,11,20-21H,7H2,(H2,17,22). The summed E-state index contributed by atoms with van der Waals surface area (Å²) in [6.45, 7) is 0.0231. The van der Waals surface area contributed by atoms with Crippen LogP contribution in [0.1, 0.15) is 26.3 Å². The topological polar surface area (TPSA) is 123 Å². The van der Waals surface area contributed by atoms with E-state index in [4.69, 9.17) is 10.5 Å². The molecule has 0 saturated carbocycles. The highest BCUT2D eigenvalue weighted by Crippen LogP contribution is 2.41. The molecular weight excluding hydrogens is 332 g/mol. The smallest absolute Gasteiger partial charge is 0.277 e. The zero-order valence-electron chi connectivity index (χ0n) is 12.2. The Morgan fingerprint density at radius 2 is 2.33 bits per heavy atom. The minimum Gasteiger partial charge on any atom is -0.490 e. The number of nitrogens with two attached hydrogens (primary N) is 1. The van der Waals surface area contributed by atoms with Gasteiger partial charge >= 0.3 is 0 Å². The van der Waals surface area contributed by atoms with Crippen LogP contribution in [0, 0.1) is 11.8 Å². The summed E-state index contributed by atoms with van der Waals surface area (Å²) in [7, 11) is 0. The number of carbonyl (C=O) groups excluding carboxylic acids is 2. The molecule has 8 heteroatoms. The van der Waals surface area contributed by atoms with Crippen molar-refractivity contribution in [3.8, 4) is 28.8 Å². The number of primary amides is 1. The van der Waals surface area contributed by atoms with Crippen LogP contribution in [0.2, 0.25) is 0 Å². The van der Waals surface area contributed by atoms with Gasteiger partial charge in [-0.1, -0.05) is 11.8 Å². The molecule has 122 valence electrons. The third-order valence-corrected chi connectivity index (χ3v) is 4.46. The molecule has 24 heavy (non-hydrogen) atoms. The van der Waals surface area contributed by atoms with Gasteiger partial charge in [-0.15, -0.1) is 11.3 Å². The summed E-state index contributed by atoms with van der Waals surface area (Å²) in [6, 6.07) is 4.96. The van der Waals surface area contributed by atoms with Crippen LogP contribution in [0.5, 0.6) is 5.75 Å². The van der Waals surface area contributed by atoms with Gasteiger partial charge < -0.3 is 20.7 Å². The Morgan fingerprint density at radius 3 is 3.04 bits per heavy atom.